The summed E-state index contributed by atoms with van der Waals surface area (Å²) in [6, 6.07) is 12.6. The predicted molar refractivity (Wildman–Crippen MR) is 119 cm³/mol. The fourth-order valence-corrected chi connectivity index (χ4v) is 5.07. The van der Waals surface area contributed by atoms with Crippen LogP contribution in [-0.2, 0) is 11.2 Å². The SMILES string of the molecule is O=C(NC1CCc2cc(C(O)c3ccc(OC(F)(F)F)cc3Sc3ccccc3F)ccc21)C(F)(F)F. The lowest BCUT2D eigenvalue weighted by Gasteiger charge is -2.19. The van der Waals surface area contributed by atoms with Gasteiger partial charge < -0.3 is 15.2 Å². The molecule has 0 saturated heterocycles. The second-order valence-electron chi connectivity index (χ2n) is 8.20. The molecule has 2 atom stereocenters. The highest BCUT2D eigenvalue weighted by Crippen LogP contribution is 2.41. The number of carbonyl (C=O) groups is 1. The second kappa shape index (κ2) is 10.3. The minimum Gasteiger partial charge on any atom is -0.406 e. The Hall–Kier alpha value is -3.25. The van der Waals surface area contributed by atoms with E-state index in [0.717, 1.165) is 23.9 Å². The summed E-state index contributed by atoms with van der Waals surface area (Å²) in [7, 11) is 0. The van der Waals surface area contributed by atoms with Crippen LogP contribution < -0.4 is 10.1 Å². The third kappa shape index (κ3) is 6.37. The van der Waals surface area contributed by atoms with Gasteiger partial charge in [-0.2, -0.15) is 13.2 Å². The van der Waals surface area contributed by atoms with Gasteiger partial charge in [0.2, 0.25) is 0 Å². The lowest BCUT2D eigenvalue weighted by molar-refractivity contribution is -0.274. The third-order valence-corrected chi connectivity index (χ3v) is 6.82. The monoisotopic (exact) mass is 545 g/mol. The Morgan fingerprint density at radius 3 is 2.41 bits per heavy atom. The quantitative estimate of drug-likeness (QED) is 0.342. The first-order valence-electron chi connectivity index (χ1n) is 10.8. The Labute approximate surface area is 210 Å². The number of hydrogen-bond donors (Lipinski definition) is 2. The fourth-order valence-electron chi connectivity index (χ4n) is 4.05. The van der Waals surface area contributed by atoms with E-state index in [9.17, 15) is 40.6 Å². The van der Waals surface area contributed by atoms with Gasteiger partial charge in [-0.3, -0.25) is 4.79 Å². The van der Waals surface area contributed by atoms with Crippen LogP contribution in [0.25, 0.3) is 0 Å². The van der Waals surface area contributed by atoms with Gasteiger partial charge in [-0.25, -0.2) is 4.39 Å². The van der Waals surface area contributed by atoms with E-state index in [-0.39, 0.29) is 21.8 Å². The molecule has 0 saturated carbocycles. The Morgan fingerprint density at radius 2 is 1.73 bits per heavy atom. The number of hydrogen-bond acceptors (Lipinski definition) is 4. The summed E-state index contributed by atoms with van der Waals surface area (Å²) >= 11 is 0.803. The molecular weight excluding hydrogens is 527 g/mol. The number of nitrogens with one attached hydrogen (secondary N) is 1. The molecule has 12 heteroatoms. The maximum atomic E-state index is 14.3. The Balaban J connectivity index is 1.64. The van der Waals surface area contributed by atoms with Crippen molar-refractivity contribution in [3.8, 4) is 5.75 Å². The average molecular weight is 545 g/mol. The molecule has 1 amide bonds. The number of halogens is 7. The van der Waals surface area contributed by atoms with Crippen LogP contribution in [-0.4, -0.2) is 23.6 Å². The summed E-state index contributed by atoms with van der Waals surface area (Å²) in [5.74, 6) is -3.22. The minimum atomic E-state index is -5.02. The maximum Gasteiger partial charge on any atom is 0.573 e. The van der Waals surface area contributed by atoms with Crippen molar-refractivity contribution in [1.82, 2.24) is 5.32 Å². The molecule has 0 bridgehead atoms. The molecule has 0 heterocycles. The van der Waals surface area contributed by atoms with Crippen molar-refractivity contribution in [1.29, 1.82) is 0 Å². The largest absolute Gasteiger partial charge is 0.573 e. The van der Waals surface area contributed by atoms with Gasteiger partial charge in [-0.15, -0.1) is 13.2 Å². The van der Waals surface area contributed by atoms with Gasteiger partial charge in [0.1, 0.15) is 17.7 Å². The molecular formula is C25H18F7NO3S. The van der Waals surface area contributed by atoms with E-state index in [1.54, 1.807) is 12.1 Å². The van der Waals surface area contributed by atoms with Crippen molar-refractivity contribution in [2.24, 2.45) is 0 Å². The number of benzene rings is 3. The molecule has 0 aliphatic heterocycles. The summed E-state index contributed by atoms with van der Waals surface area (Å²) in [5, 5.41) is 13.1. The summed E-state index contributed by atoms with van der Waals surface area (Å²) in [6.07, 6.45) is -10.8. The normalized spacial score (nSPS) is 16.3. The zero-order valence-electron chi connectivity index (χ0n) is 18.7. The summed E-state index contributed by atoms with van der Waals surface area (Å²) in [4.78, 5) is 11.5. The van der Waals surface area contributed by atoms with Gasteiger partial charge in [-0.1, -0.05) is 48.2 Å². The number of carbonyl (C=O) groups excluding carboxylic acids is 1. The van der Waals surface area contributed by atoms with Crippen LogP contribution in [0, 0.1) is 5.82 Å². The Bertz CT molecular complexity index is 1310. The molecule has 0 spiro atoms. The highest BCUT2D eigenvalue weighted by Gasteiger charge is 2.41. The fraction of sp³-hybridized carbons (Fsp3) is 0.240. The van der Waals surface area contributed by atoms with Crippen molar-refractivity contribution in [2.45, 2.75) is 47.3 Å². The van der Waals surface area contributed by atoms with Crippen molar-refractivity contribution in [3.05, 3.63) is 88.7 Å². The van der Waals surface area contributed by atoms with E-state index in [0.29, 0.717) is 23.1 Å². The zero-order valence-corrected chi connectivity index (χ0v) is 19.5. The van der Waals surface area contributed by atoms with Crippen molar-refractivity contribution < 1.29 is 45.4 Å². The van der Waals surface area contributed by atoms with Gasteiger partial charge in [0, 0.05) is 9.79 Å². The van der Waals surface area contributed by atoms with E-state index in [4.69, 9.17) is 0 Å². The number of alkyl halides is 6. The van der Waals surface area contributed by atoms with Gasteiger partial charge in [-0.05, 0) is 59.4 Å². The number of fused-ring (bicyclic) bond motifs is 1. The van der Waals surface area contributed by atoms with Crippen LogP contribution in [0.2, 0.25) is 0 Å². The first kappa shape index (κ1) is 26.8. The summed E-state index contributed by atoms with van der Waals surface area (Å²) < 4.78 is 94.4. The number of rotatable bonds is 6. The molecule has 2 unspecified atom stereocenters. The highest BCUT2D eigenvalue weighted by atomic mass is 32.2. The molecule has 3 aromatic carbocycles. The van der Waals surface area contributed by atoms with Crippen LogP contribution in [0.5, 0.6) is 5.75 Å². The Morgan fingerprint density at radius 1 is 1.00 bits per heavy atom. The molecule has 37 heavy (non-hydrogen) atoms. The first-order chi connectivity index (χ1) is 17.3. The molecule has 0 radical (unpaired) electrons. The molecule has 0 aromatic heterocycles. The first-order valence-corrected chi connectivity index (χ1v) is 11.6. The van der Waals surface area contributed by atoms with Gasteiger partial charge in [0.15, 0.2) is 0 Å². The van der Waals surface area contributed by atoms with Crippen molar-refractivity contribution >= 4 is 17.7 Å². The van der Waals surface area contributed by atoms with Gasteiger partial charge in [0.25, 0.3) is 0 Å². The maximum absolute atomic E-state index is 14.3. The van der Waals surface area contributed by atoms with Crippen molar-refractivity contribution in [3.63, 3.8) is 0 Å². The standard InChI is InChI=1S/C25H18F7NO3S/c26-18-3-1-2-4-20(18)37-21-12-15(36-25(30,31)32)7-9-17(21)22(34)14-5-8-16-13(11-14)6-10-19(16)33-23(35)24(27,28)29/h1-5,7-9,11-12,19,22,34H,6,10H2,(H,33,35). The molecule has 0 fully saturated rings. The predicted octanol–water partition coefficient (Wildman–Crippen LogP) is 6.62. The second-order valence-corrected chi connectivity index (χ2v) is 9.29. The molecule has 4 rings (SSSR count). The highest BCUT2D eigenvalue weighted by molar-refractivity contribution is 7.99. The van der Waals surface area contributed by atoms with E-state index < -0.39 is 42.2 Å². The van der Waals surface area contributed by atoms with E-state index in [2.05, 4.69) is 4.74 Å². The number of aliphatic hydroxyl groups excluding tert-OH is 1. The van der Waals surface area contributed by atoms with Crippen LogP contribution in [0.3, 0.4) is 0 Å². The van der Waals surface area contributed by atoms with Crippen molar-refractivity contribution in [2.75, 3.05) is 0 Å². The molecule has 1 aliphatic carbocycles. The topological polar surface area (TPSA) is 58.6 Å². The van der Waals surface area contributed by atoms with Crippen LogP contribution in [0.15, 0.2) is 70.5 Å². The van der Waals surface area contributed by atoms with Crippen LogP contribution in [0.4, 0.5) is 30.7 Å². The summed E-state index contributed by atoms with van der Waals surface area (Å²) in [5.41, 5.74) is 1.58. The number of aryl methyl sites for hydroxylation is 1. The van der Waals surface area contributed by atoms with E-state index >= 15 is 0 Å². The molecule has 4 nitrogen and oxygen atoms in total. The smallest absolute Gasteiger partial charge is 0.406 e. The average Bonchev–Trinajstić information content (AvgIpc) is 3.20. The lowest BCUT2D eigenvalue weighted by Crippen LogP contribution is -2.38. The van der Waals surface area contributed by atoms with E-state index in [1.807, 2.05) is 5.32 Å². The number of ether oxygens (including phenoxy) is 1. The lowest BCUT2D eigenvalue weighted by atomic mass is 9.97. The number of aliphatic hydroxyl groups is 1. The molecule has 3 aromatic rings. The van der Waals surface area contributed by atoms with Gasteiger partial charge in [0.05, 0.1) is 6.04 Å². The number of amides is 1. The Kier molecular flexibility index (Phi) is 7.43. The molecule has 196 valence electrons. The van der Waals surface area contributed by atoms with Gasteiger partial charge >= 0.3 is 18.4 Å². The van der Waals surface area contributed by atoms with Crippen LogP contribution >= 0.6 is 11.8 Å². The molecule has 1 aliphatic rings. The zero-order chi connectivity index (χ0) is 27.0. The third-order valence-electron chi connectivity index (χ3n) is 5.69. The minimum absolute atomic E-state index is 0.107. The van der Waals surface area contributed by atoms with Crippen LogP contribution in [0.1, 0.15) is 40.8 Å². The summed E-state index contributed by atoms with van der Waals surface area (Å²) in [6.45, 7) is 0. The molecule has 2 N–H and O–H groups in total. The van der Waals surface area contributed by atoms with E-state index in [1.165, 1.54) is 36.4 Å².